The number of nitrogens with zero attached hydrogens (tertiary/aromatic N) is 6. The summed E-state index contributed by atoms with van der Waals surface area (Å²) in [5.74, 6) is -14.3. The van der Waals surface area contributed by atoms with Gasteiger partial charge in [0, 0.05) is 148 Å². The molecule has 144 heavy (non-hydrogen) atoms. The van der Waals surface area contributed by atoms with Gasteiger partial charge in [0.1, 0.15) is 60.5 Å². The van der Waals surface area contributed by atoms with Gasteiger partial charge in [-0.3, -0.25) is 86.7 Å². The van der Waals surface area contributed by atoms with Gasteiger partial charge in [-0.1, -0.05) is 129 Å². The summed E-state index contributed by atoms with van der Waals surface area (Å²) in [6.45, 7) is 11.1. The normalized spacial score (nSPS) is 17.2. The summed E-state index contributed by atoms with van der Waals surface area (Å²) in [5.41, 5.74) is 18.5. The van der Waals surface area contributed by atoms with Gasteiger partial charge in [-0.15, -0.1) is 0 Å². The molecule has 10 atom stereocenters. The van der Waals surface area contributed by atoms with E-state index in [4.69, 9.17) is 11.5 Å². The van der Waals surface area contributed by atoms with E-state index in [0.717, 1.165) is 62.4 Å². The van der Waals surface area contributed by atoms with Crippen molar-refractivity contribution in [2.75, 3.05) is 121 Å². The molecule has 3 aliphatic rings. The lowest BCUT2D eigenvalue weighted by molar-refractivity contribution is -0.436. The maximum absolute atomic E-state index is 15.2. The zero-order chi connectivity index (χ0) is 105. The number of fused-ring (bicyclic) bond motifs is 7. The zero-order valence-corrected chi connectivity index (χ0v) is 83.6. The Balaban J connectivity index is 0.750. The van der Waals surface area contributed by atoms with Crippen LogP contribution in [0.3, 0.4) is 0 Å². The minimum Gasteiger partial charge on any atom is -0.508 e. The number of primary amides is 1. The Labute approximate surface area is 846 Å². The lowest BCUT2D eigenvalue weighted by atomic mass is 9.79. The molecule has 0 radical (unpaired) electrons. The number of carbonyl (C=O) groups is 14. The van der Waals surface area contributed by atoms with Crippen LogP contribution < -0.4 is 64.2 Å². The third kappa shape index (κ3) is 31.6. The number of allylic oxidation sites excluding steroid dienone is 8. The summed E-state index contributed by atoms with van der Waals surface area (Å²) < 4.78 is 2.10. The van der Waals surface area contributed by atoms with Crippen molar-refractivity contribution in [3.8, 4) is 5.75 Å². The molecule has 4 heterocycles. The number of aliphatic hydroxyl groups excluding tert-OH is 2. The van der Waals surface area contributed by atoms with Crippen molar-refractivity contribution in [2.45, 2.75) is 177 Å². The summed E-state index contributed by atoms with van der Waals surface area (Å²) in [6, 6.07) is 24.5. The Kier molecular flexibility index (Phi) is 42.1. The molecule has 3 aliphatic heterocycles. The molecule has 774 valence electrons. The monoisotopic (exact) mass is 2020 g/mol. The van der Waals surface area contributed by atoms with E-state index in [2.05, 4.69) is 170 Å². The van der Waals surface area contributed by atoms with Crippen LogP contribution in [0.5, 0.6) is 5.75 Å². The highest BCUT2D eigenvalue weighted by molar-refractivity contribution is 7.80. The van der Waals surface area contributed by atoms with Gasteiger partial charge in [-0.25, -0.2) is 0 Å². The molecule has 39 nitrogen and oxygen atoms in total. The second-order valence-corrected chi connectivity index (χ2v) is 38.1. The molecule has 0 unspecified atom stereocenters. The van der Waals surface area contributed by atoms with Crippen LogP contribution in [0.4, 0.5) is 11.4 Å². The van der Waals surface area contributed by atoms with Gasteiger partial charge in [0.25, 0.3) is 0 Å². The molecule has 6 aromatic carbocycles. The Morgan fingerprint density at radius 2 is 0.938 bits per heavy atom. The molecule has 1 fully saturated rings. The van der Waals surface area contributed by atoms with Crippen molar-refractivity contribution in [2.24, 2.45) is 11.5 Å². The summed E-state index contributed by atoms with van der Waals surface area (Å²) in [4.78, 5) is 202. The number of hydrogen-bond acceptors (Lipinski definition) is 25. The summed E-state index contributed by atoms with van der Waals surface area (Å²) in [5, 5.41) is 100.0. The van der Waals surface area contributed by atoms with Crippen molar-refractivity contribution in [3.05, 3.63) is 198 Å². The van der Waals surface area contributed by atoms with Crippen molar-refractivity contribution >= 4 is 158 Å². The van der Waals surface area contributed by atoms with Crippen LogP contribution in [0.25, 0.3) is 32.4 Å². The fourth-order valence-electron chi connectivity index (χ4n) is 18.4. The highest BCUT2D eigenvalue weighted by Crippen LogP contribution is 2.51. The Morgan fingerprint density at radius 1 is 0.472 bits per heavy atom. The lowest BCUT2D eigenvalue weighted by Gasteiger charge is -2.33. The minimum absolute atomic E-state index is 0.0262. The number of phenols is 1. The Hall–Kier alpha value is -13.4. The molecule has 0 saturated carbocycles. The van der Waals surface area contributed by atoms with Gasteiger partial charge >= 0.3 is 23.9 Å². The number of anilines is 1. The number of aromatic amines is 1. The number of hydrogen-bond donors (Lipinski definition) is 21. The van der Waals surface area contributed by atoms with Gasteiger partial charge in [0.2, 0.25) is 64.8 Å². The third-order valence-corrected chi connectivity index (χ3v) is 26.7. The van der Waals surface area contributed by atoms with E-state index in [9.17, 15) is 93.3 Å². The number of unbranched alkanes of at least 4 members (excludes halogenated alkanes) is 2. The highest BCUT2D eigenvalue weighted by Gasteiger charge is 2.47. The maximum Gasteiger partial charge on any atom is 0.317 e. The molecule has 7 aromatic rings. The number of amides is 10. The van der Waals surface area contributed by atoms with Gasteiger partial charge in [0.05, 0.1) is 43.8 Å². The second-order valence-electron chi connectivity index (χ2n) is 37.4. The number of phenolic OH excluding ortho intramolecular Hbond substituents is 1. The summed E-state index contributed by atoms with van der Waals surface area (Å²) >= 11 is 8.69. The molecule has 0 aliphatic carbocycles. The van der Waals surface area contributed by atoms with Crippen LogP contribution in [0.1, 0.15) is 115 Å². The van der Waals surface area contributed by atoms with Gasteiger partial charge in [-0.05, 0) is 147 Å². The first kappa shape index (κ1) is 113. The number of aliphatic carboxylic acids is 4. The Morgan fingerprint density at radius 3 is 1.49 bits per heavy atom. The number of rotatable bonds is 51. The molecule has 10 amide bonds. The standard InChI is InChI=1S/C103H134N18O21S2/c1-63(122)92(100(141)109-74(94(105)135)28-19-21-43-106-84(125)40-44-120-80-38-34-66-22-12-14-25-71(66)90(80)102(3,4)82(120)30-10-8-7-9-11-31-83-103(5,6)91-72-26-15-13-23-67(72)35-39-81(91)121(83)45-41-86(127)128)115-99(140)79(62-144)113-101(142)93(64(2)123)114-95(136)75(29-18-20-42-104)110-97(138)77(55-68-56-107-73-27-17-16-24-70(68)73)112-96(137)76(54-65-32-36-69(124)37-33-65)111-98(139)78(61-143)108-85(126)57-116-46-48-117(58-87(129)130)50-52-119(60-89(133)134)53-51-118(49-47-116)59-88(131)132/h7-17,22-27,30-39,56,63-64,74-79,92-93,107,122-123H,18-21,28-29,40-55,57-62,104H2,1-6H3,(H17-,105,106,108,109,110,111,112,113,114,115,124,125,126,127,128,129,130,131,132,133,134,135,136,137,138,139,140,141,142,143,144)/p+1/t63-,64-,74+,75+,76+,77-,78+,79+,92+,93+/m1/s1. The predicted octanol–water partition coefficient (Wildman–Crippen LogP) is 3.13. The van der Waals surface area contributed by atoms with Crippen LogP contribution in [0.15, 0.2) is 176 Å². The molecule has 1 aromatic heterocycles. The fourth-order valence-corrected chi connectivity index (χ4v) is 18.9. The SMILES string of the molecule is C[C@@H](O)[C@H](NC(=O)[C@H](CS)NC(=O)[C@@H](NC(=O)[C@H](CCCCN)NC(=O)[C@@H](Cc1c[nH]c2ccccc12)NC(=O)[C@H](Cc1ccc(O)cc1)NC(=O)[C@H](CS)NC(=O)CN1CCN(CC(=O)O)CCN(CC(=O)O)CCN(CC(=O)O)CC1)[C@@H](C)O)C(=O)N[C@@H](CCCCNC(=O)CCN1/C(=C/C=C/C=C/C=C/C2=[N+](CCC(=O)O)c3ccc4ccccc4c3C2(C)C)C(C)(C)c2c1ccc1ccccc21)C(N)=O. The summed E-state index contributed by atoms with van der Waals surface area (Å²) in [6.07, 6.45) is 12.5. The van der Waals surface area contributed by atoms with Gasteiger partial charge in [0.15, 0.2) is 12.3 Å². The predicted molar refractivity (Wildman–Crippen MR) is 551 cm³/mol. The maximum atomic E-state index is 15.2. The number of nitrogens with one attached hydrogen (secondary N) is 10. The lowest BCUT2D eigenvalue weighted by Crippen LogP contribution is -2.63. The number of nitrogens with two attached hydrogens (primary N) is 2. The van der Waals surface area contributed by atoms with E-state index in [-0.39, 0.29) is 141 Å². The van der Waals surface area contributed by atoms with Crippen molar-refractivity contribution < 1.29 is 107 Å². The smallest absolute Gasteiger partial charge is 0.317 e. The highest BCUT2D eigenvalue weighted by atomic mass is 32.1. The first-order chi connectivity index (χ1) is 68.7. The van der Waals surface area contributed by atoms with E-state index in [1.54, 1.807) is 50.1 Å². The number of para-hydroxylation sites is 1. The number of aromatic nitrogens is 1. The molecular weight excluding hydrogens is 1890 g/mol. The first-order valence-electron chi connectivity index (χ1n) is 48.2. The largest absolute Gasteiger partial charge is 0.508 e. The average Bonchev–Trinajstić information content (AvgIpc) is 1.57. The van der Waals surface area contributed by atoms with Gasteiger partial charge < -0.3 is 105 Å². The third-order valence-electron chi connectivity index (χ3n) is 25.9. The van der Waals surface area contributed by atoms with Crippen LogP contribution in [0.2, 0.25) is 0 Å². The van der Waals surface area contributed by atoms with Crippen molar-refractivity contribution in [1.29, 1.82) is 0 Å². The number of thiol groups is 2. The molecular formula is C103H135N18O21S2+. The number of H-pyrrole nitrogens is 1. The van der Waals surface area contributed by atoms with Crippen LogP contribution in [-0.4, -0.2) is 330 Å². The van der Waals surface area contributed by atoms with Crippen molar-refractivity contribution in [3.63, 3.8) is 0 Å². The van der Waals surface area contributed by atoms with E-state index < -0.39 is 174 Å². The van der Waals surface area contributed by atoms with Crippen LogP contribution in [-0.2, 0) is 90.8 Å². The fraction of sp³-hybridized carbons (Fsp3) is 0.447. The number of carbonyl (C=O) groups excluding carboxylic acids is 10. The molecule has 0 spiro atoms. The molecule has 0 bridgehead atoms. The van der Waals surface area contributed by atoms with Crippen LogP contribution >= 0.6 is 25.3 Å². The van der Waals surface area contributed by atoms with Crippen LogP contribution in [0, 0.1) is 0 Å². The molecule has 41 heteroatoms. The average molecular weight is 2030 g/mol. The van der Waals surface area contributed by atoms with E-state index in [1.807, 2.05) is 60.7 Å². The summed E-state index contributed by atoms with van der Waals surface area (Å²) in [7, 11) is 0. The van der Waals surface area contributed by atoms with E-state index >= 15 is 9.59 Å². The topological polar surface area (TPSA) is 576 Å². The molecule has 10 rings (SSSR count). The zero-order valence-electron chi connectivity index (χ0n) is 81.8. The number of benzene rings is 6. The second kappa shape index (κ2) is 53.8. The van der Waals surface area contributed by atoms with E-state index in [0.29, 0.717) is 48.0 Å². The molecule has 21 N–H and O–H groups in total. The Bertz CT molecular complexity index is 5890. The number of aromatic hydroxyl groups is 1. The van der Waals surface area contributed by atoms with Crippen molar-refractivity contribution in [1.82, 2.24) is 72.4 Å². The van der Waals surface area contributed by atoms with Gasteiger partial charge in [-0.2, -0.15) is 29.8 Å². The molecule has 1 saturated heterocycles. The number of aliphatic hydroxyl groups is 2. The first-order valence-corrected chi connectivity index (χ1v) is 49.5. The van der Waals surface area contributed by atoms with E-state index in [1.165, 1.54) is 31.2 Å². The number of carboxylic acids is 4. The quantitative estimate of drug-likeness (QED) is 0.0113. The minimum atomic E-state index is -1.88. The number of carboxylic acid groups (broad SMARTS) is 4.